The molecular formula is C12H15ClN4O. The molecule has 0 radical (unpaired) electrons. The van der Waals surface area contributed by atoms with Gasteiger partial charge in [0.05, 0.1) is 10.6 Å². The van der Waals surface area contributed by atoms with Gasteiger partial charge in [0, 0.05) is 18.8 Å². The number of halogens is 1. The Labute approximate surface area is 111 Å². The highest BCUT2D eigenvalue weighted by Gasteiger charge is 2.17. The lowest BCUT2D eigenvalue weighted by Crippen LogP contribution is -2.22. The van der Waals surface area contributed by atoms with E-state index in [-0.39, 0.29) is 0 Å². The van der Waals surface area contributed by atoms with Crippen LogP contribution in [-0.4, -0.2) is 23.2 Å². The molecule has 0 fully saturated rings. The van der Waals surface area contributed by atoms with Gasteiger partial charge in [0.25, 0.3) is 11.8 Å². The van der Waals surface area contributed by atoms with Crippen molar-refractivity contribution < 1.29 is 4.52 Å². The molecule has 0 aliphatic carbocycles. The van der Waals surface area contributed by atoms with E-state index in [2.05, 4.69) is 10.1 Å². The molecule has 18 heavy (non-hydrogen) atoms. The van der Waals surface area contributed by atoms with Crippen LogP contribution < -0.4 is 10.6 Å². The van der Waals surface area contributed by atoms with Crippen LogP contribution in [0.15, 0.2) is 22.7 Å². The molecule has 0 amide bonds. The van der Waals surface area contributed by atoms with Crippen molar-refractivity contribution in [1.29, 1.82) is 0 Å². The van der Waals surface area contributed by atoms with Gasteiger partial charge in [-0.1, -0.05) is 17.7 Å². The molecule has 2 aromatic rings. The number of hydrogen-bond donors (Lipinski definition) is 1. The predicted molar refractivity (Wildman–Crippen MR) is 72.7 cm³/mol. The molecule has 1 aromatic carbocycles. The maximum atomic E-state index is 6.10. The summed E-state index contributed by atoms with van der Waals surface area (Å²) >= 11 is 6.10. The molecule has 0 saturated heterocycles. The lowest BCUT2D eigenvalue weighted by Gasteiger charge is -2.14. The molecule has 0 bridgehead atoms. The summed E-state index contributed by atoms with van der Waals surface area (Å²) in [7, 11) is 0. The molecule has 1 heterocycles. The van der Waals surface area contributed by atoms with Gasteiger partial charge in [-0.25, -0.2) is 0 Å². The first-order chi connectivity index (χ1) is 8.67. The monoisotopic (exact) mass is 266 g/mol. The van der Waals surface area contributed by atoms with Gasteiger partial charge in [0.2, 0.25) is 0 Å². The summed E-state index contributed by atoms with van der Waals surface area (Å²) < 4.78 is 5.23. The molecule has 0 aliphatic rings. The third-order valence-electron chi connectivity index (χ3n) is 2.72. The molecule has 96 valence electrons. The molecule has 0 aliphatic heterocycles. The van der Waals surface area contributed by atoms with Crippen LogP contribution in [0.5, 0.6) is 0 Å². The number of hydrogen-bond acceptors (Lipinski definition) is 5. The predicted octanol–water partition coefficient (Wildman–Crippen LogP) is 2.82. The number of nitrogens with two attached hydrogens (primary N) is 1. The van der Waals surface area contributed by atoms with E-state index < -0.39 is 0 Å². The van der Waals surface area contributed by atoms with Gasteiger partial charge >= 0.3 is 0 Å². The summed E-state index contributed by atoms with van der Waals surface area (Å²) in [5.74, 6) is 0.898. The molecule has 6 heteroatoms. The Hall–Kier alpha value is -1.75. The fourth-order valence-corrected chi connectivity index (χ4v) is 1.98. The van der Waals surface area contributed by atoms with Crippen molar-refractivity contribution in [2.45, 2.75) is 13.8 Å². The fraction of sp³-hybridized carbons (Fsp3) is 0.333. The van der Waals surface area contributed by atoms with Crippen LogP contribution in [0.1, 0.15) is 13.8 Å². The fourth-order valence-electron chi connectivity index (χ4n) is 1.72. The van der Waals surface area contributed by atoms with Crippen molar-refractivity contribution in [3.63, 3.8) is 0 Å². The topological polar surface area (TPSA) is 68.2 Å². The van der Waals surface area contributed by atoms with E-state index in [1.807, 2.05) is 18.7 Å². The third kappa shape index (κ3) is 2.26. The number of nitrogen functional groups attached to an aromatic ring is 1. The van der Waals surface area contributed by atoms with Crippen molar-refractivity contribution in [2.24, 2.45) is 0 Å². The molecule has 0 unspecified atom stereocenters. The molecule has 2 rings (SSSR count). The Kier molecular flexibility index (Phi) is 3.72. The van der Waals surface area contributed by atoms with Gasteiger partial charge in [-0.2, -0.15) is 4.98 Å². The SMILES string of the molecule is CCN(CC)c1noc(-c2c(N)cccc2Cl)n1. The van der Waals surface area contributed by atoms with Gasteiger partial charge < -0.3 is 15.2 Å². The Bertz CT molecular complexity index is 516. The normalized spacial score (nSPS) is 10.6. The van der Waals surface area contributed by atoms with Crippen LogP contribution in [0.2, 0.25) is 5.02 Å². The minimum absolute atomic E-state index is 0.347. The van der Waals surface area contributed by atoms with E-state index in [1.165, 1.54) is 0 Å². The average Bonchev–Trinajstić information content (AvgIpc) is 2.80. The smallest absolute Gasteiger partial charge is 0.266 e. The number of nitrogens with zero attached hydrogens (tertiary/aromatic N) is 3. The summed E-state index contributed by atoms with van der Waals surface area (Å²) in [5, 5.41) is 4.45. The molecular weight excluding hydrogens is 252 g/mol. The summed E-state index contributed by atoms with van der Waals surface area (Å²) in [6, 6.07) is 5.28. The van der Waals surface area contributed by atoms with Gasteiger partial charge in [-0.05, 0) is 31.1 Å². The van der Waals surface area contributed by atoms with Gasteiger partial charge in [0.15, 0.2) is 0 Å². The minimum atomic E-state index is 0.347. The van der Waals surface area contributed by atoms with Crippen molar-refractivity contribution in [2.75, 3.05) is 23.7 Å². The molecule has 1 aromatic heterocycles. The van der Waals surface area contributed by atoms with Gasteiger partial charge in [-0.3, -0.25) is 0 Å². The van der Waals surface area contributed by atoms with Crippen LogP contribution in [-0.2, 0) is 0 Å². The first kappa shape index (κ1) is 12.7. The van der Waals surface area contributed by atoms with E-state index in [0.717, 1.165) is 13.1 Å². The Morgan fingerprint density at radius 3 is 2.67 bits per heavy atom. The quantitative estimate of drug-likeness (QED) is 0.862. The van der Waals surface area contributed by atoms with E-state index in [9.17, 15) is 0 Å². The Morgan fingerprint density at radius 2 is 2.06 bits per heavy atom. The standard InChI is InChI=1S/C12H15ClN4O/c1-3-17(4-2)12-15-11(18-16-12)10-8(13)6-5-7-9(10)14/h5-7H,3-4,14H2,1-2H3. The van der Waals surface area contributed by atoms with Crippen molar-refractivity contribution in [3.05, 3.63) is 23.2 Å². The third-order valence-corrected chi connectivity index (χ3v) is 3.04. The Balaban J connectivity index is 2.41. The van der Waals surface area contributed by atoms with E-state index >= 15 is 0 Å². The number of rotatable bonds is 4. The Morgan fingerprint density at radius 1 is 1.33 bits per heavy atom. The molecule has 0 saturated carbocycles. The van der Waals surface area contributed by atoms with Crippen molar-refractivity contribution >= 4 is 23.2 Å². The molecule has 0 atom stereocenters. The second kappa shape index (κ2) is 5.27. The average molecular weight is 267 g/mol. The molecule has 2 N–H and O–H groups in total. The second-order valence-corrected chi connectivity index (χ2v) is 4.18. The van der Waals surface area contributed by atoms with Crippen LogP contribution in [0.25, 0.3) is 11.5 Å². The van der Waals surface area contributed by atoms with Crippen LogP contribution in [0, 0.1) is 0 Å². The summed E-state index contributed by atoms with van der Waals surface area (Å²) in [6.07, 6.45) is 0. The maximum absolute atomic E-state index is 6.10. The zero-order valence-electron chi connectivity index (χ0n) is 10.4. The molecule has 5 nitrogen and oxygen atoms in total. The lowest BCUT2D eigenvalue weighted by atomic mass is 10.2. The van der Waals surface area contributed by atoms with Gasteiger partial charge in [0.1, 0.15) is 0 Å². The van der Waals surface area contributed by atoms with E-state index in [4.69, 9.17) is 21.9 Å². The van der Waals surface area contributed by atoms with Crippen molar-refractivity contribution in [3.8, 4) is 11.5 Å². The number of benzene rings is 1. The van der Waals surface area contributed by atoms with Crippen molar-refractivity contribution in [1.82, 2.24) is 10.1 Å². The number of anilines is 2. The zero-order valence-corrected chi connectivity index (χ0v) is 11.1. The van der Waals surface area contributed by atoms with Gasteiger partial charge in [-0.15, -0.1) is 0 Å². The van der Waals surface area contributed by atoms with E-state index in [1.54, 1.807) is 18.2 Å². The second-order valence-electron chi connectivity index (χ2n) is 3.78. The highest BCUT2D eigenvalue weighted by atomic mass is 35.5. The van der Waals surface area contributed by atoms with E-state index in [0.29, 0.717) is 28.1 Å². The highest BCUT2D eigenvalue weighted by Crippen LogP contribution is 2.32. The minimum Gasteiger partial charge on any atom is -0.398 e. The first-order valence-electron chi connectivity index (χ1n) is 5.80. The summed E-state index contributed by atoms with van der Waals surface area (Å²) in [5.41, 5.74) is 6.99. The maximum Gasteiger partial charge on any atom is 0.266 e. The zero-order chi connectivity index (χ0) is 13.1. The first-order valence-corrected chi connectivity index (χ1v) is 6.18. The lowest BCUT2D eigenvalue weighted by molar-refractivity contribution is 0.429. The highest BCUT2D eigenvalue weighted by molar-refractivity contribution is 6.33. The largest absolute Gasteiger partial charge is 0.398 e. The molecule has 0 spiro atoms. The van der Waals surface area contributed by atoms with Crippen LogP contribution in [0.4, 0.5) is 11.6 Å². The van der Waals surface area contributed by atoms with Crippen LogP contribution >= 0.6 is 11.6 Å². The summed E-state index contributed by atoms with van der Waals surface area (Å²) in [6.45, 7) is 5.69. The summed E-state index contributed by atoms with van der Waals surface area (Å²) in [4.78, 5) is 6.31. The number of aromatic nitrogens is 2. The van der Waals surface area contributed by atoms with Crippen LogP contribution in [0.3, 0.4) is 0 Å².